The molecule has 0 unspecified atom stereocenters. The molecule has 0 saturated carbocycles. The van der Waals surface area contributed by atoms with Crippen molar-refractivity contribution in [1.29, 1.82) is 0 Å². The van der Waals surface area contributed by atoms with Crippen LogP contribution in [0.4, 0.5) is 0 Å². The van der Waals surface area contributed by atoms with Gasteiger partial charge in [0.05, 0.1) is 6.54 Å². The molecule has 1 aliphatic heterocycles. The van der Waals surface area contributed by atoms with E-state index in [1.165, 1.54) is 32.5 Å². The molecule has 23 heavy (non-hydrogen) atoms. The SMILES string of the molecule is C=CC(=O)N1Cc2sc(CCC)cc2[C@H](c2ccccc2C)C1. The van der Waals surface area contributed by atoms with Crippen LogP contribution in [0.5, 0.6) is 0 Å². The lowest BCUT2D eigenvalue weighted by atomic mass is 9.85. The summed E-state index contributed by atoms with van der Waals surface area (Å²) < 4.78 is 0. The molecule has 0 radical (unpaired) electrons. The standard InChI is InChI=1S/C20H23NOS/c1-4-8-15-11-17-18(16-10-7-6-9-14(16)3)12-21(20(22)5-2)13-19(17)23-15/h5-7,9-11,18H,2,4,8,12-13H2,1,3H3/t18-/m0/s1. The number of carbonyl (C=O) groups excluding carboxylic acids is 1. The van der Waals surface area contributed by atoms with Crippen molar-refractivity contribution < 1.29 is 4.79 Å². The van der Waals surface area contributed by atoms with Crippen LogP contribution < -0.4 is 0 Å². The molecule has 1 atom stereocenters. The maximum Gasteiger partial charge on any atom is 0.246 e. The first-order chi connectivity index (χ1) is 11.1. The second-order valence-corrected chi connectivity index (χ2v) is 7.39. The van der Waals surface area contributed by atoms with Gasteiger partial charge in [-0.3, -0.25) is 4.79 Å². The second-order valence-electron chi connectivity index (χ2n) is 6.17. The predicted molar refractivity (Wildman–Crippen MR) is 97.0 cm³/mol. The van der Waals surface area contributed by atoms with E-state index in [0.29, 0.717) is 0 Å². The third-order valence-corrected chi connectivity index (χ3v) is 5.75. The molecule has 3 heteroatoms. The highest BCUT2D eigenvalue weighted by atomic mass is 32.1. The monoisotopic (exact) mass is 325 g/mol. The lowest BCUT2D eigenvalue weighted by molar-refractivity contribution is -0.127. The Bertz CT molecular complexity index is 731. The minimum Gasteiger partial charge on any atom is -0.333 e. The Morgan fingerprint density at radius 3 is 2.87 bits per heavy atom. The van der Waals surface area contributed by atoms with Crippen LogP contribution in [0.3, 0.4) is 0 Å². The van der Waals surface area contributed by atoms with E-state index in [-0.39, 0.29) is 11.8 Å². The third kappa shape index (κ3) is 3.11. The molecule has 1 amide bonds. The number of nitrogens with zero attached hydrogens (tertiary/aromatic N) is 1. The van der Waals surface area contributed by atoms with Crippen molar-refractivity contribution in [3.8, 4) is 0 Å². The summed E-state index contributed by atoms with van der Waals surface area (Å²) in [7, 11) is 0. The van der Waals surface area contributed by atoms with E-state index in [9.17, 15) is 4.79 Å². The van der Waals surface area contributed by atoms with Crippen LogP contribution in [0.25, 0.3) is 0 Å². The van der Waals surface area contributed by atoms with Gasteiger partial charge in [-0.05, 0) is 42.2 Å². The first kappa shape index (κ1) is 16.0. The van der Waals surface area contributed by atoms with E-state index in [1.807, 2.05) is 16.2 Å². The summed E-state index contributed by atoms with van der Waals surface area (Å²) in [5.41, 5.74) is 4.04. The Labute approximate surface area is 142 Å². The smallest absolute Gasteiger partial charge is 0.246 e. The van der Waals surface area contributed by atoms with Crippen LogP contribution >= 0.6 is 11.3 Å². The normalized spacial score (nSPS) is 17.0. The zero-order chi connectivity index (χ0) is 16.4. The number of thiophene rings is 1. The predicted octanol–water partition coefficient (Wildman–Crippen LogP) is 4.67. The fraction of sp³-hybridized carbons (Fsp3) is 0.350. The molecule has 0 bridgehead atoms. The van der Waals surface area contributed by atoms with Crippen LogP contribution in [0.15, 0.2) is 43.0 Å². The Kier molecular flexibility index (Phi) is 4.67. The summed E-state index contributed by atoms with van der Waals surface area (Å²) >= 11 is 1.87. The average molecular weight is 325 g/mol. The van der Waals surface area contributed by atoms with Crippen molar-refractivity contribution in [3.63, 3.8) is 0 Å². The fourth-order valence-electron chi connectivity index (χ4n) is 3.39. The van der Waals surface area contributed by atoms with Gasteiger partial charge >= 0.3 is 0 Å². The highest BCUT2D eigenvalue weighted by Gasteiger charge is 2.30. The van der Waals surface area contributed by atoms with Gasteiger partial charge in [0.2, 0.25) is 5.91 Å². The number of hydrogen-bond donors (Lipinski definition) is 0. The molecule has 0 saturated heterocycles. The number of hydrogen-bond acceptors (Lipinski definition) is 2. The number of benzene rings is 1. The van der Waals surface area contributed by atoms with Crippen molar-refractivity contribution in [2.45, 2.75) is 39.2 Å². The molecule has 0 fully saturated rings. The molecule has 0 N–H and O–H groups in total. The van der Waals surface area contributed by atoms with Crippen LogP contribution in [-0.2, 0) is 17.8 Å². The fourth-order valence-corrected chi connectivity index (χ4v) is 4.73. The van der Waals surface area contributed by atoms with Crippen molar-refractivity contribution in [3.05, 3.63) is 69.4 Å². The van der Waals surface area contributed by atoms with Crippen molar-refractivity contribution >= 4 is 17.2 Å². The molecule has 2 nitrogen and oxygen atoms in total. The third-order valence-electron chi connectivity index (χ3n) is 4.55. The molecule has 1 aromatic heterocycles. The van der Waals surface area contributed by atoms with Gasteiger partial charge in [0.25, 0.3) is 0 Å². The zero-order valence-electron chi connectivity index (χ0n) is 13.8. The van der Waals surface area contributed by atoms with Gasteiger partial charge in [-0.1, -0.05) is 44.2 Å². The lowest BCUT2D eigenvalue weighted by Gasteiger charge is -2.33. The summed E-state index contributed by atoms with van der Waals surface area (Å²) in [5, 5.41) is 0. The highest BCUT2D eigenvalue weighted by molar-refractivity contribution is 7.12. The molecule has 1 aliphatic rings. The maximum absolute atomic E-state index is 12.2. The van der Waals surface area contributed by atoms with Gasteiger partial charge in [-0.2, -0.15) is 0 Å². The number of fused-ring (bicyclic) bond motifs is 1. The Morgan fingerprint density at radius 2 is 2.17 bits per heavy atom. The van der Waals surface area contributed by atoms with E-state index in [1.54, 1.807) is 0 Å². The summed E-state index contributed by atoms with van der Waals surface area (Å²) in [6.45, 7) is 9.48. The quantitative estimate of drug-likeness (QED) is 0.748. The first-order valence-electron chi connectivity index (χ1n) is 8.22. The van der Waals surface area contributed by atoms with Crippen LogP contribution in [0.2, 0.25) is 0 Å². The summed E-state index contributed by atoms with van der Waals surface area (Å²) in [6.07, 6.45) is 3.71. The van der Waals surface area contributed by atoms with E-state index in [2.05, 4.69) is 50.8 Å². The van der Waals surface area contributed by atoms with Crippen molar-refractivity contribution in [1.82, 2.24) is 4.90 Å². The first-order valence-corrected chi connectivity index (χ1v) is 9.04. The number of carbonyl (C=O) groups is 1. The highest BCUT2D eigenvalue weighted by Crippen LogP contribution is 2.39. The van der Waals surface area contributed by atoms with Crippen LogP contribution in [0, 0.1) is 6.92 Å². The van der Waals surface area contributed by atoms with Gasteiger partial charge in [0.15, 0.2) is 0 Å². The van der Waals surface area contributed by atoms with E-state index >= 15 is 0 Å². The summed E-state index contributed by atoms with van der Waals surface area (Å²) in [6, 6.07) is 10.9. The van der Waals surface area contributed by atoms with Gasteiger partial charge in [-0.25, -0.2) is 0 Å². The van der Waals surface area contributed by atoms with Crippen LogP contribution in [-0.4, -0.2) is 17.4 Å². The Balaban J connectivity index is 2.05. The molecule has 1 aromatic carbocycles. The molecule has 2 aromatic rings. The Hall–Kier alpha value is -1.87. The summed E-state index contributed by atoms with van der Waals surface area (Å²) in [4.78, 5) is 16.9. The molecule has 3 rings (SSSR count). The lowest BCUT2D eigenvalue weighted by Crippen LogP contribution is -2.37. The van der Waals surface area contributed by atoms with E-state index < -0.39 is 0 Å². The number of amides is 1. The molecular weight excluding hydrogens is 302 g/mol. The second kappa shape index (κ2) is 6.71. The number of rotatable bonds is 4. The van der Waals surface area contributed by atoms with Crippen molar-refractivity contribution in [2.75, 3.05) is 6.54 Å². The molecule has 120 valence electrons. The molecular formula is C20H23NOS. The van der Waals surface area contributed by atoms with Gasteiger partial charge in [0.1, 0.15) is 0 Å². The van der Waals surface area contributed by atoms with Gasteiger partial charge in [0, 0.05) is 22.2 Å². The van der Waals surface area contributed by atoms with E-state index in [4.69, 9.17) is 0 Å². The minimum atomic E-state index is 0.0275. The van der Waals surface area contributed by atoms with Crippen molar-refractivity contribution in [2.24, 2.45) is 0 Å². The molecule has 2 heterocycles. The molecule has 0 aliphatic carbocycles. The summed E-state index contributed by atoms with van der Waals surface area (Å²) in [5.74, 6) is 0.297. The minimum absolute atomic E-state index is 0.0275. The largest absolute Gasteiger partial charge is 0.333 e. The topological polar surface area (TPSA) is 20.3 Å². The average Bonchev–Trinajstić information content (AvgIpc) is 2.96. The maximum atomic E-state index is 12.2. The van der Waals surface area contributed by atoms with Crippen LogP contribution in [0.1, 0.15) is 45.7 Å². The van der Waals surface area contributed by atoms with E-state index in [0.717, 1.165) is 25.9 Å². The zero-order valence-corrected chi connectivity index (χ0v) is 14.7. The van der Waals surface area contributed by atoms with Gasteiger partial charge < -0.3 is 4.90 Å². The molecule has 0 spiro atoms. The Morgan fingerprint density at radius 1 is 1.39 bits per heavy atom. The van der Waals surface area contributed by atoms with Gasteiger partial charge in [-0.15, -0.1) is 11.3 Å². The number of aryl methyl sites for hydroxylation is 2.